The van der Waals surface area contributed by atoms with Crippen molar-refractivity contribution in [3.05, 3.63) is 70.9 Å². The number of hydrogen-bond acceptors (Lipinski definition) is 7. The van der Waals surface area contributed by atoms with Crippen LogP contribution in [0.5, 0.6) is 0 Å². The average Bonchev–Trinajstić information content (AvgIpc) is 3.44. The van der Waals surface area contributed by atoms with Gasteiger partial charge in [-0.15, -0.1) is 21.5 Å². The molecule has 0 aliphatic rings. The first-order chi connectivity index (χ1) is 14.8. The summed E-state index contributed by atoms with van der Waals surface area (Å²) in [5.74, 6) is 1.20. The van der Waals surface area contributed by atoms with E-state index in [1.54, 1.807) is 17.8 Å². The van der Waals surface area contributed by atoms with Gasteiger partial charge in [-0.3, -0.25) is 14.3 Å². The molecule has 4 aromatic rings. The number of aromatic nitrogens is 5. The third-order valence-electron chi connectivity index (χ3n) is 4.21. The standard InChI is InChI=1S/C21H20N6OS2/c1-2-10-23-20(28)17-13-29-18(24-17)14-30-21-26-25-19(15-7-6-11-22-12-15)27(21)16-8-4-3-5-9-16/h3-9,11-13H,2,10,14H2,1H3,(H,23,28). The minimum absolute atomic E-state index is 0.129. The van der Waals surface area contributed by atoms with E-state index in [0.29, 0.717) is 18.0 Å². The number of hydrogen-bond donors (Lipinski definition) is 1. The first-order valence-electron chi connectivity index (χ1n) is 9.53. The van der Waals surface area contributed by atoms with Crippen molar-refractivity contribution in [3.63, 3.8) is 0 Å². The molecule has 7 nitrogen and oxygen atoms in total. The van der Waals surface area contributed by atoms with Crippen molar-refractivity contribution in [2.24, 2.45) is 0 Å². The molecule has 1 N–H and O–H groups in total. The molecule has 0 atom stereocenters. The molecule has 0 spiro atoms. The first-order valence-corrected chi connectivity index (χ1v) is 11.4. The van der Waals surface area contributed by atoms with Crippen LogP contribution in [0, 0.1) is 0 Å². The van der Waals surface area contributed by atoms with Gasteiger partial charge in [0.1, 0.15) is 10.7 Å². The van der Waals surface area contributed by atoms with Gasteiger partial charge in [-0.2, -0.15) is 0 Å². The minimum Gasteiger partial charge on any atom is -0.351 e. The van der Waals surface area contributed by atoms with Crippen LogP contribution >= 0.6 is 23.1 Å². The van der Waals surface area contributed by atoms with Crippen LogP contribution in [-0.4, -0.2) is 37.2 Å². The van der Waals surface area contributed by atoms with Crippen LogP contribution in [0.25, 0.3) is 17.1 Å². The molecule has 9 heteroatoms. The van der Waals surface area contributed by atoms with Gasteiger partial charge < -0.3 is 5.32 Å². The van der Waals surface area contributed by atoms with Crippen molar-refractivity contribution < 1.29 is 4.79 Å². The third kappa shape index (κ3) is 4.58. The van der Waals surface area contributed by atoms with Gasteiger partial charge in [-0.05, 0) is 30.7 Å². The molecule has 1 amide bonds. The molecule has 1 aromatic carbocycles. The normalized spacial score (nSPS) is 10.8. The molecular formula is C21H20N6OS2. The van der Waals surface area contributed by atoms with Crippen molar-refractivity contribution in [3.8, 4) is 17.1 Å². The lowest BCUT2D eigenvalue weighted by atomic mass is 10.2. The molecule has 0 unspecified atom stereocenters. The van der Waals surface area contributed by atoms with E-state index < -0.39 is 0 Å². The molecule has 152 valence electrons. The smallest absolute Gasteiger partial charge is 0.270 e. The van der Waals surface area contributed by atoms with Gasteiger partial charge in [-0.25, -0.2) is 4.98 Å². The zero-order valence-corrected chi connectivity index (χ0v) is 18.0. The molecule has 0 saturated heterocycles. The maximum Gasteiger partial charge on any atom is 0.270 e. The molecule has 4 rings (SSSR count). The summed E-state index contributed by atoms with van der Waals surface area (Å²) in [6.07, 6.45) is 4.41. The molecule has 0 saturated carbocycles. The lowest BCUT2D eigenvalue weighted by molar-refractivity contribution is 0.0949. The van der Waals surface area contributed by atoms with Gasteiger partial charge in [0.2, 0.25) is 0 Å². The fourth-order valence-corrected chi connectivity index (χ4v) is 4.54. The molecule has 0 aliphatic heterocycles. The van der Waals surface area contributed by atoms with E-state index in [1.165, 1.54) is 23.1 Å². The van der Waals surface area contributed by atoms with Gasteiger partial charge in [0, 0.05) is 35.6 Å². The summed E-state index contributed by atoms with van der Waals surface area (Å²) in [6.45, 7) is 2.67. The van der Waals surface area contributed by atoms with Crippen molar-refractivity contribution in [2.75, 3.05) is 6.54 Å². The van der Waals surface area contributed by atoms with Crippen LogP contribution < -0.4 is 5.32 Å². The molecule has 30 heavy (non-hydrogen) atoms. The van der Waals surface area contributed by atoms with Crippen LogP contribution in [0.15, 0.2) is 65.4 Å². The zero-order valence-electron chi connectivity index (χ0n) is 16.4. The van der Waals surface area contributed by atoms with Gasteiger partial charge in [0.05, 0.1) is 5.75 Å². The number of rotatable bonds is 8. The summed E-state index contributed by atoms with van der Waals surface area (Å²) in [4.78, 5) is 20.8. The molecule has 0 radical (unpaired) electrons. The molecule has 3 aromatic heterocycles. The Morgan fingerprint density at radius 1 is 1.17 bits per heavy atom. The second-order valence-electron chi connectivity index (χ2n) is 6.39. The monoisotopic (exact) mass is 436 g/mol. The van der Waals surface area contributed by atoms with Crippen molar-refractivity contribution in [2.45, 2.75) is 24.3 Å². The highest BCUT2D eigenvalue weighted by Crippen LogP contribution is 2.30. The third-order valence-corrected chi connectivity index (χ3v) is 6.18. The Morgan fingerprint density at radius 3 is 2.80 bits per heavy atom. The average molecular weight is 437 g/mol. The van der Waals surface area contributed by atoms with Crippen LogP contribution in [0.3, 0.4) is 0 Å². The molecular weight excluding hydrogens is 416 g/mol. The summed E-state index contributed by atoms with van der Waals surface area (Å²) in [6, 6.07) is 13.8. The number of nitrogens with zero attached hydrogens (tertiary/aromatic N) is 5. The van der Waals surface area contributed by atoms with Crippen LogP contribution in [0.4, 0.5) is 0 Å². The number of para-hydroxylation sites is 1. The fraction of sp³-hybridized carbons (Fsp3) is 0.190. The highest BCUT2D eigenvalue weighted by atomic mass is 32.2. The summed E-state index contributed by atoms with van der Waals surface area (Å²) in [7, 11) is 0. The van der Waals surface area contributed by atoms with Crippen LogP contribution in [0.1, 0.15) is 28.8 Å². The second-order valence-corrected chi connectivity index (χ2v) is 8.28. The number of carbonyl (C=O) groups excluding carboxylic acids is 1. The van der Waals surface area contributed by atoms with E-state index in [2.05, 4.69) is 25.5 Å². The predicted octanol–water partition coefficient (Wildman–Crippen LogP) is 4.22. The Kier molecular flexibility index (Phi) is 6.50. The Bertz CT molecular complexity index is 1110. The summed E-state index contributed by atoms with van der Waals surface area (Å²) >= 11 is 3.01. The van der Waals surface area contributed by atoms with E-state index in [9.17, 15) is 4.79 Å². The van der Waals surface area contributed by atoms with Gasteiger partial charge in [0.15, 0.2) is 11.0 Å². The Hall–Kier alpha value is -3.04. The Labute approximate surface area is 182 Å². The topological polar surface area (TPSA) is 85.6 Å². The van der Waals surface area contributed by atoms with E-state index in [4.69, 9.17) is 0 Å². The number of nitrogens with one attached hydrogen (secondary N) is 1. The Balaban J connectivity index is 1.57. The van der Waals surface area contributed by atoms with Crippen LogP contribution in [0.2, 0.25) is 0 Å². The number of thioether (sulfide) groups is 1. The van der Waals surface area contributed by atoms with Crippen molar-refractivity contribution in [1.29, 1.82) is 0 Å². The largest absolute Gasteiger partial charge is 0.351 e. The number of pyridine rings is 1. The first kappa shape index (κ1) is 20.2. The maximum absolute atomic E-state index is 12.1. The SMILES string of the molecule is CCCNC(=O)c1csc(CSc2nnc(-c3cccnc3)n2-c2ccccc2)n1. The van der Waals surface area contributed by atoms with E-state index in [-0.39, 0.29) is 5.91 Å². The highest BCUT2D eigenvalue weighted by Gasteiger charge is 2.17. The zero-order chi connectivity index (χ0) is 20.8. The molecule has 0 bridgehead atoms. The lowest BCUT2D eigenvalue weighted by Gasteiger charge is -2.09. The summed E-state index contributed by atoms with van der Waals surface area (Å²) < 4.78 is 2.02. The van der Waals surface area contributed by atoms with Gasteiger partial charge in [0.25, 0.3) is 5.91 Å². The van der Waals surface area contributed by atoms with Gasteiger partial charge >= 0.3 is 0 Å². The number of benzene rings is 1. The van der Waals surface area contributed by atoms with Crippen molar-refractivity contribution in [1.82, 2.24) is 30.0 Å². The second kappa shape index (κ2) is 9.64. The molecule has 0 aliphatic carbocycles. The maximum atomic E-state index is 12.1. The number of thiazole rings is 1. The lowest BCUT2D eigenvalue weighted by Crippen LogP contribution is -2.24. The quantitative estimate of drug-likeness (QED) is 0.416. The summed E-state index contributed by atoms with van der Waals surface area (Å²) in [5, 5.41) is 15.1. The number of amides is 1. The highest BCUT2D eigenvalue weighted by molar-refractivity contribution is 7.98. The van der Waals surface area contributed by atoms with Crippen LogP contribution in [-0.2, 0) is 5.75 Å². The summed E-state index contributed by atoms with van der Waals surface area (Å²) in [5.41, 5.74) is 2.33. The molecule has 3 heterocycles. The molecule has 0 fully saturated rings. The predicted molar refractivity (Wildman–Crippen MR) is 119 cm³/mol. The minimum atomic E-state index is -0.129. The van der Waals surface area contributed by atoms with E-state index >= 15 is 0 Å². The van der Waals surface area contributed by atoms with Crippen molar-refractivity contribution >= 4 is 29.0 Å². The van der Waals surface area contributed by atoms with Gasteiger partial charge in [-0.1, -0.05) is 36.9 Å². The fourth-order valence-electron chi connectivity index (χ4n) is 2.79. The number of carbonyl (C=O) groups is 1. The van der Waals surface area contributed by atoms with E-state index in [0.717, 1.165) is 33.7 Å². The Morgan fingerprint density at radius 2 is 2.03 bits per heavy atom. The van der Waals surface area contributed by atoms with E-state index in [1.807, 2.05) is 54.0 Å².